The molecule has 0 unspecified atom stereocenters. The fraction of sp³-hybridized carbons (Fsp3) is 0.545. The molecule has 0 atom stereocenters. The maximum absolute atomic E-state index is 11.9. The van der Waals surface area contributed by atoms with Crippen molar-refractivity contribution in [3.8, 4) is 6.07 Å². The van der Waals surface area contributed by atoms with E-state index in [1.165, 1.54) is 11.3 Å². The highest BCUT2D eigenvalue weighted by molar-refractivity contribution is 7.13. The van der Waals surface area contributed by atoms with Crippen LogP contribution in [0.5, 0.6) is 0 Å². The molecule has 1 N–H and O–H groups in total. The van der Waals surface area contributed by atoms with Crippen LogP contribution in [0, 0.1) is 29.6 Å². The second-order valence-corrected chi connectivity index (χ2v) is 5.31. The zero-order valence-corrected chi connectivity index (χ0v) is 10.1. The molecule has 1 amide bonds. The van der Waals surface area contributed by atoms with Gasteiger partial charge in [-0.05, 0) is 25.7 Å². The standard InChI is InChI=1S/C11H13N3OS/c1-7-3-11(4-7,6-12)9(15)14-10-13-8(2)5-16-10/h5,7H,3-4H2,1-2H3,(H,13,14,15). The number of thiazole rings is 1. The Balaban J connectivity index is 2.06. The highest BCUT2D eigenvalue weighted by atomic mass is 32.1. The fourth-order valence-corrected chi connectivity index (χ4v) is 2.77. The van der Waals surface area contributed by atoms with Crippen molar-refractivity contribution in [1.82, 2.24) is 4.98 Å². The largest absolute Gasteiger partial charge is 0.301 e. The van der Waals surface area contributed by atoms with Crippen LogP contribution in [0.25, 0.3) is 0 Å². The lowest BCUT2D eigenvalue weighted by Gasteiger charge is -2.38. The average molecular weight is 235 g/mol. The van der Waals surface area contributed by atoms with Crippen molar-refractivity contribution in [1.29, 1.82) is 5.26 Å². The van der Waals surface area contributed by atoms with Crippen molar-refractivity contribution in [3.05, 3.63) is 11.1 Å². The molecule has 16 heavy (non-hydrogen) atoms. The van der Waals surface area contributed by atoms with Crippen LogP contribution in [-0.2, 0) is 4.79 Å². The highest BCUT2D eigenvalue weighted by Gasteiger charge is 2.49. The molecule has 1 saturated carbocycles. The molecule has 0 spiro atoms. The van der Waals surface area contributed by atoms with E-state index in [0.29, 0.717) is 23.9 Å². The van der Waals surface area contributed by atoms with Crippen LogP contribution >= 0.6 is 11.3 Å². The number of nitrogens with zero attached hydrogens (tertiary/aromatic N) is 2. The molecule has 1 aliphatic rings. The Bertz CT molecular complexity index is 454. The van der Waals surface area contributed by atoms with E-state index in [9.17, 15) is 4.79 Å². The van der Waals surface area contributed by atoms with Crippen molar-refractivity contribution in [3.63, 3.8) is 0 Å². The maximum atomic E-state index is 11.9. The first kappa shape index (κ1) is 11.1. The Labute approximate surface area is 98.3 Å². The Morgan fingerprint density at radius 1 is 1.75 bits per heavy atom. The molecule has 4 nitrogen and oxygen atoms in total. The van der Waals surface area contributed by atoms with Crippen molar-refractivity contribution < 1.29 is 4.79 Å². The van der Waals surface area contributed by atoms with Gasteiger partial charge in [-0.1, -0.05) is 6.92 Å². The van der Waals surface area contributed by atoms with Gasteiger partial charge in [-0.15, -0.1) is 11.3 Å². The predicted molar refractivity (Wildman–Crippen MR) is 61.9 cm³/mol. The van der Waals surface area contributed by atoms with Gasteiger partial charge in [0.25, 0.3) is 0 Å². The van der Waals surface area contributed by atoms with Gasteiger partial charge in [-0.25, -0.2) is 4.98 Å². The number of amides is 1. The zero-order chi connectivity index (χ0) is 11.8. The van der Waals surface area contributed by atoms with E-state index in [1.54, 1.807) is 0 Å². The van der Waals surface area contributed by atoms with Gasteiger partial charge in [-0.3, -0.25) is 4.79 Å². The maximum Gasteiger partial charge on any atom is 0.246 e. The lowest BCUT2D eigenvalue weighted by molar-refractivity contribution is -0.128. The molecule has 1 aromatic heterocycles. The molecule has 5 heteroatoms. The molecule has 84 valence electrons. The Hall–Kier alpha value is -1.41. The van der Waals surface area contributed by atoms with Gasteiger partial charge in [-0.2, -0.15) is 5.26 Å². The summed E-state index contributed by atoms with van der Waals surface area (Å²) in [6.07, 6.45) is 1.30. The zero-order valence-electron chi connectivity index (χ0n) is 9.28. The summed E-state index contributed by atoms with van der Waals surface area (Å²) in [6.45, 7) is 3.92. The highest BCUT2D eigenvalue weighted by Crippen LogP contribution is 2.45. The topological polar surface area (TPSA) is 65.8 Å². The summed E-state index contributed by atoms with van der Waals surface area (Å²) >= 11 is 1.39. The minimum absolute atomic E-state index is 0.206. The van der Waals surface area contributed by atoms with Gasteiger partial charge in [0, 0.05) is 5.38 Å². The molecule has 1 fully saturated rings. The summed E-state index contributed by atoms with van der Waals surface area (Å²) in [7, 11) is 0. The minimum Gasteiger partial charge on any atom is -0.301 e. The van der Waals surface area contributed by atoms with Crippen LogP contribution in [0.3, 0.4) is 0 Å². The van der Waals surface area contributed by atoms with E-state index < -0.39 is 5.41 Å². The minimum atomic E-state index is -0.820. The molecule has 1 aromatic rings. The van der Waals surface area contributed by atoms with Crippen molar-refractivity contribution in [2.45, 2.75) is 26.7 Å². The summed E-state index contributed by atoms with van der Waals surface area (Å²) in [5.41, 5.74) is 0.0622. The number of hydrogen-bond acceptors (Lipinski definition) is 4. The number of nitrogens with one attached hydrogen (secondary N) is 1. The van der Waals surface area contributed by atoms with Crippen LogP contribution in [0.2, 0.25) is 0 Å². The van der Waals surface area contributed by atoms with E-state index in [2.05, 4.69) is 23.3 Å². The third-order valence-electron chi connectivity index (χ3n) is 2.88. The van der Waals surface area contributed by atoms with Crippen LogP contribution in [0.1, 0.15) is 25.5 Å². The molecule has 1 heterocycles. The normalized spacial score (nSPS) is 27.9. The van der Waals surface area contributed by atoms with Gasteiger partial charge in [0.15, 0.2) is 5.13 Å². The Morgan fingerprint density at radius 2 is 2.44 bits per heavy atom. The molecule has 0 aromatic carbocycles. The monoisotopic (exact) mass is 235 g/mol. The van der Waals surface area contributed by atoms with E-state index in [4.69, 9.17) is 5.26 Å². The second kappa shape index (κ2) is 3.87. The van der Waals surface area contributed by atoms with Crippen LogP contribution in [0.15, 0.2) is 5.38 Å². The molecule has 1 aliphatic carbocycles. The number of aromatic nitrogens is 1. The fourth-order valence-electron chi connectivity index (χ4n) is 2.09. The molecule has 0 saturated heterocycles. The Morgan fingerprint density at radius 3 is 2.88 bits per heavy atom. The van der Waals surface area contributed by atoms with Gasteiger partial charge >= 0.3 is 0 Å². The first-order valence-corrected chi connectivity index (χ1v) is 6.08. The number of aryl methyl sites for hydroxylation is 1. The smallest absolute Gasteiger partial charge is 0.246 e. The average Bonchev–Trinajstić information content (AvgIpc) is 2.58. The third kappa shape index (κ3) is 1.81. The number of carbonyl (C=O) groups is 1. The van der Waals surface area contributed by atoms with Crippen molar-refractivity contribution in [2.75, 3.05) is 5.32 Å². The van der Waals surface area contributed by atoms with Gasteiger partial charge in [0.05, 0.1) is 11.8 Å². The van der Waals surface area contributed by atoms with E-state index in [-0.39, 0.29) is 5.91 Å². The van der Waals surface area contributed by atoms with Crippen molar-refractivity contribution in [2.24, 2.45) is 11.3 Å². The number of hydrogen-bond donors (Lipinski definition) is 1. The second-order valence-electron chi connectivity index (χ2n) is 4.46. The van der Waals surface area contributed by atoms with Crippen LogP contribution in [-0.4, -0.2) is 10.9 Å². The van der Waals surface area contributed by atoms with E-state index >= 15 is 0 Å². The van der Waals surface area contributed by atoms with E-state index in [0.717, 1.165) is 5.69 Å². The van der Waals surface area contributed by atoms with Crippen LogP contribution in [0.4, 0.5) is 5.13 Å². The molecule has 0 radical (unpaired) electrons. The Kier molecular flexibility index (Phi) is 2.68. The van der Waals surface area contributed by atoms with Gasteiger partial charge in [0.2, 0.25) is 5.91 Å². The summed E-state index contributed by atoms with van der Waals surface area (Å²) < 4.78 is 0. The molecule has 0 aliphatic heterocycles. The van der Waals surface area contributed by atoms with E-state index in [1.807, 2.05) is 12.3 Å². The van der Waals surface area contributed by atoms with Crippen LogP contribution < -0.4 is 5.32 Å². The molecule has 0 bridgehead atoms. The third-order valence-corrected chi connectivity index (χ3v) is 3.76. The summed E-state index contributed by atoms with van der Waals surface area (Å²) in [5.74, 6) is 0.255. The molecular formula is C11H13N3OS. The summed E-state index contributed by atoms with van der Waals surface area (Å²) in [6, 6.07) is 2.14. The van der Waals surface area contributed by atoms with Crippen molar-refractivity contribution >= 4 is 22.4 Å². The quantitative estimate of drug-likeness (QED) is 0.855. The van der Waals surface area contributed by atoms with Gasteiger partial charge in [0.1, 0.15) is 5.41 Å². The summed E-state index contributed by atoms with van der Waals surface area (Å²) in [4.78, 5) is 16.1. The number of rotatable bonds is 2. The first-order chi connectivity index (χ1) is 7.55. The van der Waals surface area contributed by atoms with Gasteiger partial charge < -0.3 is 5.32 Å². The number of anilines is 1. The lowest BCUT2D eigenvalue weighted by atomic mass is 9.63. The lowest BCUT2D eigenvalue weighted by Crippen LogP contribution is -2.45. The molecular weight excluding hydrogens is 222 g/mol. The molecule has 2 rings (SSSR count). The number of nitriles is 1. The summed E-state index contributed by atoms with van der Waals surface area (Å²) in [5, 5.41) is 14.3. The predicted octanol–water partition coefficient (Wildman–Crippen LogP) is 2.33. The SMILES string of the molecule is Cc1csc(NC(=O)C2(C#N)CC(C)C2)n1. The first-order valence-electron chi connectivity index (χ1n) is 5.20. The number of carbonyl (C=O) groups excluding carboxylic acids is 1.